The van der Waals surface area contributed by atoms with Gasteiger partial charge >= 0.3 is 0 Å². The average Bonchev–Trinajstić information content (AvgIpc) is 2.26. The molecule has 0 aliphatic rings. The van der Waals surface area contributed by atoms with E-state index in [0.29, 0.717) is 13.0 Å². The van der Waals surface area contributed by atoms with Gasteiger partial charge in [-0.05, 0) is 26.7 Å². The van der Waals surface area contributed by atoms with Crippen LogP contribution < -0.4 is 11.3 Å². The lowest BCUT2D eigenvalue weighted by atomic mass is 10.1. The fourth-order valence-corrected chi connectivity index (χ4v) is 1.84. The quantitative estimate of drug-likeness (QED) is 0.317. The third-order valence-electron chi connectivity index (χ3n) is 2.65. The summed E-state index contributed by atoms with van der Waals surface area (Å²) in [4.78, 5) is 13.8. The van der Waals surface area contributed by atoms with Crippen LogP contribution in [0.1, 0.15) is 40.0 Å². The molecule has 0 spiro atoms. The minimum Gasteiger partial charge on any atom is -0.396 e. The predicted molar refractivity (Wildman–Crippen MR) is 64.6 cm³/mol. The van der Waals surface area contributed by atoms with Crippen LogP contribution in [0.15, 0.2) is 0 Å². The second kappa shape index (κ2) is 8.50. The second-order valence-electron chi connectivity index (χ2n) is 4.22. The molecule has 5 nitrogen and oxygen atoms in total. The van der Waals surface area contributed by atoms with Crippen LogP contribution in [0.3, 0.4) is 0 Å². The van der Waals surface area contributed by atoms with E-state index in [4.69, 9.17) is 10.9 Å². The van der Waals surface area contributed by atoms with E-state index >= 15 is 0 Å². The molecular formula is C11H25N3O2. The normalized spacial score (nSPS) is 13.2. The molecule has 1 amide bonds. The smallest absolute Gasteiger partial charge is 0.251 e. The molecule has 5 heteroatoms. The Morgan fingerprint density at radius 2 is 2.12 bits per heavy atom. The van der Waals surface area contributed by atoms with Crippen molar-refractivity contribution in [2.45, 2.75) is 52.1 Å². The molecule has 0 aromatic carbocycles. The zero-order chi connectivity index (χ0) is 12.6. The highest BCUT2D eigenvalue weighted by atomic mass is 16.3. The number of aliphatic hydroxyl groups is 1. The van der Waals surface area contributed by atoms with Crippen molar-refractivity contribution in [1.82, 2.24) is 10.3 Å². The van der Waals surface area contributed by atoms with Gasteiger partial charge in [0, 0.05) is 19.2 Å². The first-order chi connectivity index (χ1) is 7.58. The summed E-state index contributed by atoms with van der Waals surface area (Å²) < 4.78 is 0. The highest BCUT2D eigenvalue weighted by Crippen LogP contribution is 2.12. The fraction of sp³-hybridized carbons (Fsp3) is 0.909. The van der Waals surface area contributed by atoms with Crippen LogP contribution in [0.5, 0.6) is 0 Å². The van der Waals surface area contributed by atoms with Crippen LogP contribution in [-0.4, -0.2) is 41.1 Å². The third-order valence-corrected chi connectivity index (χ3v) is 2.65. The number of hydrogen-bond donors (Lipinski definition) is 3. The van der Waals surface area contributed by atoms with Crippen molar-refractivity contribution in [2.75, 3.05) is 13.2 Å². The van der Waals surface area contributed by atoms with Crippen LogP contribution in [0.2, 0.25) is 0 Å². The van der Waals surface area contributed by atoms with Gasteiger partial charge < -0.3 is 5.11 Å². The lowest BCUT2D eigenvalue weighted by Crippen LogP contribution is -2.51. The Balaban J connectivity index is 4.58. The van der Waals surface area contributed by atoms with E-state index in [0.717, 1.165) is 12.8 Å². The summed E-state index contributed by atoms with van der Waals surface area (Å²) in [5.41, 5.74) is 2.22. The highest BCUT2D eigenvalue weighted by molar-refractivity contribution is 5.81. The van der Waals surface area contributed by atoms with E-state index in [9.17, 15) is 4.79 Å². The number of nitrogens with one attached hydrogen (secondary N) is 1. The standard InChI is InChI=1S/C11H25N3O2/c1-4-6-10(11(16)13-12)14(9(2)3)7-5-8-15/h9-10,15H,4-8,12H2,1-3H3,(H,13,16). The van der Waals surface area contributed by atoms with Gasteiger partial charge in [0.2, 0.25) is 0 Å². The van der Waals surface area contributed by atoms with Gasteiger partial charge in [0.25, 0.3) is 5.91 Å². The molecule has 0 aromatic rings. The maximum atomic E-state index is 11.7. The van der Waals surface area contributed by atoms with E-state index in [1.165, 1.54) is 0 Å². The highest BCUT2D eigenvalue weighted by Gasteiger charge is 2.25. The molecule has 1 unspecified atom stereocenters. The van der Waals surface area contributed by atoms with Gasteiger partial charge in [0.1, 0.15) is 0 Å². The van der Waals surface area contributed by atoms with Gasteiger partial charge in [-0.1, -0.05) is 13.3 Å². The molecule has 1 atom stereocenters. The van der Waals surface area contributed by atoms with Crippen LogP contribution in [0.25, 0.3) is 0 Å². The maximum absolute atomic E-state index is 11.7. The van der Waals surface area contributed by atoms with Gasteiger partial charge in [-0.25, -0.2) is 5.84 Å². The number of nitrogens with two attached hydrogens (primary N) is 1. The summed E-state index contributed by atoms with van der Waals surface area (Å²) in [6.45, 7) is 6.99. The molecule has 0 fully saturated rings. The molecule has 16 heavy (non-hydrogen) atoms. The summed E-state index contributed by atoms with van der Waals surface area (Å²) in [5.74, 6) is 5.05. The zero-order valence-corrected chi connectivity index (χ0v) is 10.6. The van der Waals surface area contributed by atoms with E-state index in [1.54, 1.807) is 0 Å². The van der Waals surface area contributed by atoms with Crippen molar-refractivity contribution in [3.63, 3.8) is 0 Å². The molecule has 96 valence electrons. The number of nitrogens with zero attached hydrogens (tertiary/aromatic N) is 1. The first-order valence-corrected chi connectivity index (χ1v) is 5.95. The Morgan fingerprint density at radius 3 is 2.50 bits per heavy atom. The van der Waals surface area contributed by atoms with Gasteiger partial charge in [-0.2, -0.15) is 0 Å². The molecule has 0 aliphatic carbocycles. The van der Waals surface area contributed by atoms with Crippen LogP contribution in [0.4, 0.5) is 0 Å². The van der Waals surface area contributed by atoms with E-state index < -0.39 is 0 Å². The number of hydrogen-bond acceptors (Lipinski definition) is 4. The number of amides is 1. The number of carbonyl (C=O) groups excluding carboxylic acids is 1. The molecular weight excluding hydrogens is 206 g/mol. The molecule has 0 saturated carbocycles. The monoisotopic (exact) mass is 231 g/mol. The summed E-state index contributed by atoms with van der Waals surface area (Å²) in [5, 5.41) is 8.85. The molecule has 4 N–H and O–H groups in total. The number of rotatable bonds is 8. The second-order valence-corrected chi connectivity index (χ2v) is 4.22. The molecule has 0 aliphatic heterocycles. The van der Waals surface area contributed by atoms with Crippen LogP contribution >= 0.6 is 0 Å². The lowest BCUT2D eigenvalue weighted by molar-refractivity contribution is -0.127. The summed E-state index contributed by atoms with van der Waals surface area (Å²) in [6, 6.07) is 0.0712. The summed E-state index contributed by atoms with van der Waals surface area (Å²) in [6.07, 6.45) is 2.39. The summed E-state index contributed by atoms with van der Waals surface area (Å²) >= 11 is 0. The van der Waals surface area contributed by atoms with Crippen molar-refractivity contribution in [3.05, 3.63) is 0 Å². The average molecular weight is 231 g/mol. The number of hydrazine groups is 1. The van der Waals surface area contributed by atoms with Gasteiger partial charge in [0.05, 0.1) is 6.04 Å². The van der Waals surface area contributed by atoms with Crippen molar-refractivity contribution < 1.29 is 9.90 Å². The Labute approximate surface area is 98.0 Å². The maximum Gasteiger partial charge on any atom is 0.251 e. The zero-order valence-electron chi connectivity index (χ0n) is 10.6. The van der Waals surface area contributed by atoms with Gasteiger partial charge in [-0.3, -0.25) is 15.1 Å². The lowest BCUT2D eigenvalue weighted by Gasteiger charge is -2.33. The third kappa shape index (κ3) is 4.92. The minimum atomic E-state index is -0.193. The fourth-order valence-electron chi connectivity index (χ4n) is 1.84. The van der Waals surface area contributed by atoms with Crippen molar-refractivity contribution in [3.8, 4) is 0 Å². The number of aliphatic hydroxyl groups excluding tert-OH is 1. The number of carbonyl (C=O) groups is 1. The molecule has 0 aromatic heterocycles. The Bertz CT molecular complexity index is 198. The predicted octanol–water partition coefficient (Wildman–Crippen LogP) is 0.238. The summed E-state index contributed by atoms with van der Waals surface area (Å²) in [7, 11) is 0. The Kier molecular flexibility index (Phi) is 8.15. The van der Waals surface area contributed by atoms with Crippen molar-refractivity contribution in [1.29, 1.82) is 0 Å². The molecule has 0 saturated heterocycles. The van der Waals surface area contributed by atoms with Gasteiger partial charge in [0.15, 0.2) is 0 Å². The Morgan fingerprint density at radius 1 is 1.50 bits per heavy atom. The Hall–Kier alpha value is -0.650. The van der Waals surface area contributed by atoms with E-state index in [-0.39, 0.29) is 24.6 Å². The topological polar surface area (TPSA) is 78.6 Å². The first-order valence-electron chi connectivity index (χ1n) is 5.95. The molecule has 0 radical (unpaired) electrons. The van der Waals surface area contributed by atoms with Crippen molar-refractivity contribution in [2.24, 2.45) is 5.84 Å². The van der Waals surface area contributed by atoms with Crippen molar-refractivity contribution >= 4 is 5.91 Å². The molecule has 0 heterocycles. The molecule has 0 rings (SSSR count). The van der Waals surface area contributed by atoms with E-state index in [2.05, 4.69) is 10.3 Å². The van der Waals surface area contributed by atoms with E-state index in [1.807, 2.05) is 20.8 Å². The van der Waals surface area contributed by atoms with Crippen LogP contribution in [0, 0.1) is 0 Å². The first kappa shape index (κ1) is 15.3. The SMILES string of the molecule is CCCC(C(=O)NN)N(CCCO)C(C)C. The largest absolute Gasteiger partial charge is 0.396 e. The molecule has 0 bridgehead atoms. The van der Waals surface area contributed by atoms with Crippen LogP contribution in [-0.2, 0) is 4.79 Å². The van der Waals surface area contributed by atoms with Gasteiger partial charge in [-0.15, -0.1) is 0 Å². The minimum absolute atomic E-state index is 0.145.